The van der Waals surface area contributed by atoms with E-state index >= 15 is 0 Å². The quantitative estimate of drug-likeness (QED) is 0.130. The molecule has 130 heavy (non-hydrogen) atoms. The standard InChI is InChI=1S/2C59H34N4O2/c1-2-14-35(15-3-1)36-20-12-21-41(30-36)57-60-58(44-24-13-27-53-54(44)42-22-8-10-25-51(42)64-53)62-59(61-57)45-28-29-48(56-55(45)43-23-9-11-26-52(43)65-56)63-49-33-39-18-6-4-16-37(39)31-46(49)47-32-38-17-5-7-19-40(38)34-50(47)63;1-2-13-35(14-3-1)36-25-27-38(28-26-36)57-60-58(45-21-12-24-52-53(45)43-19-8-10-22-50(43)64-52)62-59(61-57)46-31-32-48(56-54(46)44-20-9-11-23-51(44)65-56)63-49-34-40-17-5-4-16-39(40)33-47(49)42-30-29-37-15-6-7-18-41(37)55(42)63/h2*1-34H. The number of nitrogens with zero attached hydrogens (tertiary/aromatic N) is 8. The fourth-order valence-corrected chi connectivity index (χ4v) is 20.0. The van der Waals surface area contributed by atoms with E-state index in [0.717, 1.165) is 177 Å². The monoisotopic (exact) mass is 1660 g/mol. The molecular weight excluding hydrogens is 1590 g/mol. The van der Waals surface area contributed by atoms with Crippen LogP contribution in [0, 0.1) is 0 Å². The van der Waals surface area contributed by atoms with E-state index in [0.29, 0.717) is 34.9 Å². The predicted octanol–water partition coefficient (Wildman–Crippen LogP) is 31.5. The molecule has 28 rings (SSSR count). The van der Waals surface area contributed by atoms with Gasteiger partial charge in [-0.25, -0.2) is 29.9 Å². The fourth-order valence-electron chi connectivity index (χ4n) is 20.0. The highest BCUT2D eigenvalue weighted by Crippen LogP contribution is 2.49. The Hall–Kier alpha value is -17.7. The van der Waals surface area contributed by atoms with Crippen LogP contribution in [0.5, 0.6) is 0 Å². The van der Waals surface area contributed by atoms with Crippen molar-refractivity contribution in [2.75, 3.05) is 0 Å². The Kier molecular flexibility index (Phi) is 16.2. The van der Waals surface area contributed by atoms with E-state index in [2.05, 4.69) is 325 Å². The Bertz CT molecular complexity index is 9500. The lowest BCUT2D eigenvalue weighted by atomic mass is 10.0. The zero-order valence-corrected chi connectivity index (χ0v) is 69.5. The number of furan rings is 4. The van der Waals surface area contributed by atoms with Crippen LogP contribution in [0.2, 0.25) is 0 Å². The van der Waals surface area contributed by atoms with Gasteiger partial charge in [0.15, 0.2) is 46.1 Å². The number of fused-ring (bicyclic) bond motifs is 23. The van der Waals surface area contributed by atoms with Crippen LogP contribution in [0.3, 0.4) is 0 Å². The van der Waals surface area contributed by atoms with Gasteiger partial charge < -0.3 is 26.8 Å². The average Bonchev–Trinajstić information content (AvgIpc) is 1.55. The Balaban J connectivity index is 0.000000134. The zero-order valence-electron chi connectivity index (χ0n) is 69.5. The van der Waals surface area contributed by atoms with E-state index < -0.39 is 0 Å². The summed E-state index contributed by atoms with van der Waals surface area (Å²) in [7, 11) is 0. The first-order chi connectivity index (χ1) is 64.4. The predicted molar refractivity (Wildman–Crippen MR) is 531 cm³/mol. The van der Waals surface area contributed by atoms with Crippen LogP contribution in [0.4, 0.5) is 0 Å². The molecule has 0 spiro atoms. The molecule has 0 unspecified atom stereocenters. The van der Waals surface area contributed by atoms with Crippen LogP contribution in [0.25, 0.3) is 276 Å². The van der Waals surface area contributed by atoms with E-state index in [-0.39, 0.29) is 0 Å². The van der Waals surface area contributed by atoms with Gasteiger partial charge in [-0.2, -0.15) is 0 Å². The van der Waals surface area contributed by atoms with Crippen molar-refractivity contribution in [3.8, 4) is 102 Å². The minimum atomic E-state index is 0.544. The number of hydrogen-bond donors (Lipinski definition) is 0. The molecule has 0 atom stereocenters. The van der Waals surface area contributed by atoms with Crippen LogP contribution >= 0.6 is 0 Å². The second-order valence-electron chi connectivity index (χ2n) is 33.4. The number of benzene rings is 20. The van der Waals surface area contributed by atoms with Gasteiger partial charge in [0.25, 0.3) is 0 Å². The van der Waals surface area contributed by atoms with Crippen LogP contribution in [0.1, 0.15) is 0 Å². The molecule has 604 valence electrons. The normalized spacial score (nSPS) is 12.0. The third kappa shape index (κ3) is 11.6. The molecule has 20 aromatic carbocycles. The molecule has 8 heterocycles. The summed E-state index contributed by atoms with van der Waals surface area (Å²) in [5, 5.41) is 22.0. The van der Waals surface area contributed by atoms with Crippen LogP contribution < -0.4 is 0 Å². The van der Waals surface area contributed by atoms with E-state index in [1.807, 2.05) is 97.1 Å². The summed E-state index contributed by atoms with van der Waals surface area (Å²) in [6.45, 7) is 0. The van der Waals surface area contributed by atoms with E-state index in [9.17, 15) is 0 Å². The molecule has 0 N–H and O–H groups in total. The topological polar surface area (TPSA) is 140 Å². The van der Waals surface area contributed by atoms with Gasteiger partial charge in [-0.3, -0.25) is 0 Å². The lowest BCUT2D eigenvalue weighted by Crippen LogP contribution is -2.02. The smallest absolute Gasteiger partial charge is 0.164 e. The molecule has 0 aliphatic carbocycles. The summed E-state index contributed by atoms with van der Waals surface area (Å²) in [4.78, 5) is 32.0. The van der Waals surface area contributed by atoms with Crippen LogP contribution in [-0.2, 0) is 0 Å². The molecule has 0 aliphatic rings. The minimum Gasteiger partial charge on any atom is -0.456 e. The van der Waals surface area contributed by atoms with Crippen molar-refractivity contribution >= 4 is 174 Å². The van der Waals surface area contributed by atoms with Gasteiger partial charge in [0.1, 0.15) is 33.5 Å². The molecule has 0 bridgehead atoms. The van der Waals surface area contributed by atoms with Crippen LogP contribution in [0.15, 0.2) is 430 Å². The molecule has 12 nitrogen and oxygen atoms in total. The second-order valence-corrected chi connectivity index (χ2v) is 33.4. The highest BCUT2D eigenvalue weighted by Gasteiger charge is 2.29. The number of para-hydroxylation sites is 4. The Morgan fingerprint density at radius 2 is 0.492 bits per heavy atom. The molecule has 0 radical (unpaired) electrons. The van der Waals surface area contributed by atoms with Crippen molar-refractivity contribution in [1.82, 2.24) is 39.0 Å². The maximum Gasteiger partial charge on any atom is 0.164 e. The van der Waals surface area contributed by atoms with Crippen molar-refractivity contribution in [1.29, 1.82) is 0 Å². The third-order valence-electron chi connectivity index (χ3n) is 26.0. The van der Waals surface area contributed by atoms with E-state index in [1.54, 1.807) is 0 Å². The van der Waals surface area contributed by atoms with E-state index in [1.165, 1.54) is 64.6 Å². The zero-order chi connectivity index (χ0) is 85.2. The molecule has 0 amide bonds. The van der Waals surface area contributed by atoms with Crippen molar-refractivity contribution in [2.45, 2.75) is 0 Å². The summed E-state index contributed by atoms with van der Waals surface area (Å²) >= 11 is 0. The highest BCUT2D eigenvalue weighted by molar-refractivity contribution is 6.25. The Morgan fingerprint density at radius 1 is 0.169 bits per heavy atom. The maximum absolute atomic E-state index is 7.04. The third-order valence-corrected chi connectivity index (χ3v) is 26.0. The summed E-state index contributed by atoms with van der Waals surface area (Å²) < 4.78 is 31.6. The van der Waals surface area contributed by atoms with Gasteiger partial charge in [0.05, 0.1) is 33.4 Å². The van der Waals surface area contributed by atoms with Gasteiger partial charge in [0, 0.05) is 103 Å². The number of rotatable bonds is 10. The second kappa shape index (κ2) is 28.9. The minimum absolute atomic E-state index is 0.544. The van der Waals surface area contributed by atoms with E-state index in [4.69, 9.17) is 47.6 Å². The molecule has 0 saturated carbocycles. The summed E-state index contributed by atoms with van der Waals surface area (Å²) in [6.07, 6.45) is 0. The van der Waals surface area contributed by atoms with Gasteiger partial charge >= 0.3 is 0 Å². The van der Waals surface area contributed by atoms with Gasteiger partial charge in [0.2, 0.25) is 0 Å². The number of hydrogen-bond acceptors (Lipinski definition) is 10. The van der Waals surface area contributed by atoms with Crippen molar-refractivity contribution in [3.63, 3.8) is 0 Å². The number of aromatic nitrogens is 8. The summed E-state index contributed by atoms with van der Waals surface area (Å²) in [5.74, 6) is 3.34. The fraction of sp³-hybridized carbons (Fsp3) is 0. The molecule has 8 aromatic heterocycles. The largest absolute Gasteiger partial charge is 0.456 e. The Morgan fingerprint density at radius 3 is 0.977 bits per heavy atom. The highest BCUT2D eigenvalue weighted by atomic mass is 16.3. The van der Waals surface area contributed by atoms with Gasteiger partial charge in [-0.05, 0) is 163 Å². The molecule has 0 saturated heterocycles. The van der Waals surface area contributed by atoms with Gasteiger partial charge in [-0.1, -0.05) is 309 Å². The van der Waals surface area contributed by atoms with Crippen LogP contribution in [-0.4, -0.2) is 39.0 Å². The molecular formula is C118H68N8O4. The lowest BCUT2D eigenvalue weighted by molar-refractivity contribution is 0.666. The molecule has 0 aliphatic heterocycles. The maximum atomic E-state index is 7.04. The first-order valence-electron chi connectivity index (χ1n) is 43.7. The summed E-state index contributed by atoms with van der Waals surface area (Å²) in [6, 6.07) is 144. The first-order valence-corrected chi connectivity index (χ1v) is 43.7. The van der Waals surface area contributed by atoms with Crippen molar-refractivity contribution < 1.29 is 17.7 Å². The summed E-state index contributed by atoms with van der Waals surface area (Å²) in [5.41, 5.74) is 22.2. The van der Waals surface area contributed by atoms with Gasteiger partial charge in [-0.15, -0.1) is 0 Å². The van der Waals surface area contributed by atoms with Crippen molar-refractivity contribution in [2.24, 2.45) is 0 Å². The molecule has 12 heteroatoms. The SMILES string of the molecule is c1ccc(-c2ccc(-c3nc(-c4cccc5oc6ccccc6c45)nc(-c4ccc(-n5c6cc7ccccc7cc6c6ccc7ccccc7c65)c5oc6ccccc6c45)n3)cc2)cc1.c1ccc(-c2cccc(-c3nc(-c4cccc5oc6ccccc6c45)nc(-c4ccc(-n5c6cc7ccccc7cc6c6cc7ccccc7cc65)c5oc6ccccc6c45)n3)c2)cc1. The first kappa shape index (κ1) is 72.7. The Labute approximate surface area is 740 Å². The average molecular weight is 1660 g/mol. The lowest BCUT2D eigenvalue weighted by Gasteiger charge is -2.14. The molecule has 28 aromatic rings. The molecule has 0 fully saturated rings. The van der Waals surface area contributed by atoms with Crippen molar-refractivity contribution in [3.05, 3.63) is 413 Å².